The van der Waals surface area contributed by atoms with Crippen LogP contribution in [0, 0.1) is 0 Å². The summed E-state index contributed by atoms with van der Waals surface area (Å²) in [6.45, 7) is 1.83. The maximum absolute atomic E-state index is 11.0. The molecule has 0 saturated carbocycles. The number of nitrogens with one attached hydrogen (secondary N) is 1. The Labute approximate surface area is 118 Å². The Morgan fingerprint density at radius 2 is 1.42 bits per heavy atom. The van der Waals surface area contributed by atoms with Crippen molar-refractivity contribution in [2.24, 2.45) is 0 Å². The van der Waals surface area contributed by atoms with E-state index in [0.29, 0.717) is 0 Å². The lowest BCUT2D eigenvalue weighted by atomic mass is 10.4. The molecule has 1 unspecified atom stereocenters. The van der Waals surface area contributed by atoms with E-state index in [1.54, 1.807) is 0 Å². The first-order valence-corrected chi connectivity index (χ1v) is 8.91. The van der Waals surface area contributed by atoms with Crippen LogP contribution in [0.5, 0.6) is 0 Å². The van der Waals surface area contributed by atoms with Gasteiger partial charge >= 0.3 is 0 Å². The summed E-state index contributed by atoms with van der Waals surface area (Å²) in [4.78, 5) is 11.0. The molecule has 98 valence electrons. The molecule has 0 spiro atoms. The summed E-state index contributed by atoms with van der Waals surface area (Å²) in [5, 5.41) is 5.48. The highest BCUT2D eigenvalue weighted by atomic mass is 32.4. The number of benzene rings is 2. The van der Waals surface area contributed by atoms with Gasteiger partial charge in [0.25, 0.3) is 0 Å². The van der Waals surface area contributed by atoms with E-state index >= 15 is 0 Å². The molecule has 2 nitrogen and oxygen atoms in total. The fraction of sp³-hybridized carbons (Fsp3) is 0.133. The molecule has 2 aromatic rings. The number of carbonyl (C=O) groups is 1. The molecule has 0 aromatic heterocycles. The number of hydrogen-bond donors (Lipinski definition) is 1. The number of aldehydes is 1. The Morgan fingerprint density at radius 3 is 1.79 bits per heavy atom. The van der Waals surface area contributed by atoms with Gasteiger partial charge in [-0.3, -0.25) is 5.09 Å². The maximum atomic E-state index is 11.0. The molecule has 1 N–H and O–H groups in total. The molecule has 19 heavy (non-hydrogen) atoms. The number of carbonyl (C=O) groups excluding carboxylic acids is 1. The molecule has 0 aliphatic rings. The number of rotatable bonds is 5. The Morgan fingerprint density at radius 1 is 1.00 bits per heavy atom. The second-order valence-corrected chi connectivity index (χ2v) is 8.49. The average Bonchev–Trinajstić information content (AvgIpc) is 2.48. The topological polar surface area (TPSA) is 29.1 Å². The van der Waals surface area contributed by atoms with Gasteiger partial charge < -0.3 is 4.79 Å². The second-order valence-electron chi connectivity index (χ2n) is 4.33. The van der Waals surface area contributed by atoms with Crippen LogP contribution in [0.3, 0.4) is 0 Å². The highest BCUT2D eigenvalue weighted by Crippen LogP contribution is 2.39. The minimum Gasteiger partial charge on any atom is -0.302 e. The molecule has 1 atom stereocenters. The molecular formula is C15H16NOPS. The van der Waals surface area contributed by atoms with Crippen LogP contribution in [0.1, 0.15) is 6.92 Å². The predicted molar refractivity (Wildman–Crippen MR) is 85.1 cm³/mol. The third-order valence-electron chi connectivity index (χ3n) is 2.83. The van der Waals surface area contributed by atoms with Crippen molar-refractivity contribution in [2.45, 2.75) is 13.0 Å². The SMILES string of the molecule is CC(C=O)NP(=S)(c1ccccc1)c1ccccc1. The van der Waals surface area contributed by atoms with E-state index in [4.69, 9.17) is 11.8 Å². The van der Waals surface area contributed by atoms with Gasteiger partial charge in [-0.15, -0.1) is 0 Å². The van der Waals surface area contributed by atoms with Crippen molar-refractivity contribution in [3.8, 4) is 0 Å². The van der Waals surface area contributed by atoms with Gasteiger partial charge in [0.15, 0.2) is 0 Å². The van der Waals surface area contributed by atoms with Gasteiger partial charge in [-0.25, -0.2) is 0 Å². The van der Waals surface area contributed by atoms with Crippen molar-refractivity contribution >= 4 is 34.9 Å². The van der Waals surface area contributed by atoms with Gasteiger partial charge in [0.2, 0.25) is 0 Å². The molecule has 0 radical (unpaired) electrons. The molecule has 0 bridgehead atoms. The van der Waals surface area contributed by atoms with Crippen molar-refractivity contribution in [1.82, 2.24) is 5.09 Å². The Hall–Kier alpha value is -1.28. The van der Waals surface area contributed by atoms with Crippen molar-refractivity contribution in [1.29, 1.82) is 0 Å². The van der Waals surface area contributed by atoms with Crippen LogP contribution < -0.4 is 15.7 Å². The predicted octanol–water partition coefficient (Wildman–Crippen LogP) is 2.21. The van der Waals surface area contributed by atoms with Crippen LogP contribution in [-0.2, 0) is 16.6 Å². The fourth-order valence-electron chi connectivity index (χ4n) is 1.89. The van der Waals surface area contributed by atoms with Crippen LogP contribution in [0.4, 0.5) is 0 Å². The summed E-state index contributed by atoms with van der Waals surface area (Å²) in [6, 6.07) is 19.7. The third kappa shape index (κ3) is 3.19. The van der Waals surface area contributed by atoms with E-state index in [1.807, 2.05) is 67.6 Å². The summed E-state index contributed by atoms with van der Waals surface area (Å²) in [6.07, 6.45) is -1.25. The molecule has 0 heterocycles. The lowest BCUT2D eigenvalue weighted by Crippen LogP contribution is -2.34. The minimum atomic E-state index is -2.14. The quantitative estimate of drug-likeness (QED) is 0.676. The molecular weight excluding hydrogens is 273 g/mol. The summed E-state index contributed by atoms with van der Waals surface area (Å²) < 4.78 is 0. The molecule has 2 rings (SSSR count). The lowest BCUT2D eigenvalue weighted by molar-refractivity contribution is -0.108. The highest BCUT2D eigenvalue weighted by molar-refractivity contribution is 8.20. The van der Waals surface area contributed by atoms with Crippen LogP contribution in [-0.4, -0.2) is 12.3 Å². The molecule has 2 aromatic carbocycles. The molecule has 0 aliphatic carbocycles. The van der Waals surface area contributed by atoms with Gasteiger partial charge in [0.05, 0.1) is 12.2 Å². The second kappa shape index (κ2) is 6.25. The zero-order valence-corrected chi connectivity index (χ0v) is 12.4. The maximum Gasteiger partial charge on any atom is 0.136 e. The summed E-state index contributed by atoms with van der Waals surface area (Å²) in [5.74, 6) is 0. The van der Waals surface area contributed by atoms with Crippen LogP contribution in [0.2, 0.25) is 0 Å². The molecule has 0 amide bonds. The first-order valence-electron chi connectivity index (χ1n) is 6.11. The van der Waals surface area contributed by atoms with E-state index < -0.39 is 6.19 Å². The van der Waals surface area contributed by atoms with E-state index in [2.05, 4.69) is 5.09 Å². The standard InChI is InChI=1S/C15H16NOPS/c1-13(12-17)16-18(19,14-8-4-2-5-9-14)15-10-6-3-7-11-15/h2-13H,1H3,(H,16,19). The minimum absolute atomic E-state index is 0.258. The highest BCUT2D eigenvalue weighted by Gasteiger charge is 2.23. The number of hydrogen-bond acceptors (Lipinski definition) is 2. The van der Waals surface area contributed by atoms with E-state index in [9.17, 15) is 4.79 Å². The Balaban J connectivity index is 2.51. The van der Waals surface area contributed by atoms with Gasteiger partial charge in [0.1, 0.15) is 6.29 Å². The van der Waals surface area contributed by atoms with Crippen molar-refractivity contribution < 1.29 is 4.79 Å². The smallest absolute Gasteiger partial charge is 0.136 e. The molecule has 0 saturated heterocycles. The zero-order chi connectivity index (χ0) is 13.7. The first kappa shape index (κ1) is 14.1. The first-order chi connectivity index (χ1) is 9.16. The fourth-order valence-corrected chi connectivity index (χ4v) is 5.53. The zero-order valence-electron chi connectivity index (χ0n) is 10.7. The third-order valence-corrected chi connectivity index (χ3v) is 7.23. The van der Waals surface area contributed by atoms with Crippen molar-refractivity contribution in [2.75, 3.05) is 0 Å². The van der Waals surface area contributed by atoms with Crippen molar-refractivity contribution in [3.05, 3.63) is 60.7 Å². The summed E-state index contributed by atoms with van der Waals surface area (Å²) in [7, 11) is 0. The average molecular weight is 289 g/mol. The molecule has 4 heteroatoms. The van der Waals surface area contributed by atoms with Gasteiger partial charge in [-0.2, -0.15) is 0 Å². The summed E-state index contributed by atoms with van der Waals surface area (Å²) in [5.41, 5.74) is 0. The van der Waals surface area contributed by atoms with E-state index in [1.165, 1.54) is 0 Å². The molecule has 0 aliphatic heterocycles. The van der Waals surface area contributed by atoms with Crippen LogP contribution in [0.25, 0.3) is 0 Å². The van der Waals surface area contributed by atoms with E-state index in [-0.39, 0.29) is 6.04 Å². The van der Waals surface area contributed by atoms with Gasteiger partial charge in [0, 0.05) is 10.6 Å². The Kier molecular flexibility index (Phi) is 4.65. The summed E-state index contributed by atoms with van der Waals surface area (Å²) >= 11 is 5.92. The lowest BCUT2D eigenvalue weighted by Gasteiger charge is -2.26. The van der Waals surface area contributed by atoms with Crippen molar-refractivity contribution in [3.63, 3.8) is 0 Å². The largest absolute Gasteiger partial charge is 0.302 e. The van der Waals surface area contributed by atoms with Gasteiger partial charge in [-0.1, -0.05) is 72.5 Å². The van der Waals surface area contributed by atoms with Crippen LogP contribution >= 0.6 is 6.19 Å². The molecule has 0 fully saturated rings. The van der Waals surface area contributed by atoms with Gasteiger partial charge in [-0.05, 0) is 6.92 Å². The normalized spacial score (nSPS) is 12.9. The monoisotopic (exact) mass is 289 g/mol. The van der Waals surface area contributed by atoms with Crippen LogP contribution in [0.15, 0.2) is 60.7 Å². The Bertz CT molecular complexity index is 542. The van der Waals surface area contributed by atoms with E-state index in [0.717, 1.165) is 16.9 Å².